The lowest BCUT2D eigenvalue weighted by molar-refractivity contribution is -0.132. The Labute approximate surface area is 170 Å². The van der Waals surface area contributed by atoms with Crippen LogP contribution in [0.5, 0.6) is 0 Å². The fourth-order valence-electron chi connectivity index (χ4n) is 3.31. The summed E-state index contributed by atoms with van der Waals surface area (Å²) in [5.74, 6) is -0.439. The summed E-state index contributed by atoms with van der Waals surface area (Å²) in [5.41, 5.74) is -0.0606. The van der Waals surface area contributed by atoms with Crippen LogP contribution in [-0.2, 0) is 16.9 Å². The smallest absolute Gasteiger partial charge is 0.325 e. The van der Waals surface area contributed by atoms with E-state index in [9.17, 15) is 14.0 Å². The van der Waals surface area contributed by atoms with Crippen LogP contribution in [0.3, 0.4) is 0 Å². The lowest BCUT2D eigenvalue weighted by Crippen LogP contribution is -2.43. The topological polar surface area (TPSA) is 88.3 Å². The predicted molar refractivity (Wildman–Crippen MR) is 102 cm³/mol. The van der Waals surface area contributed by atoms with Crippen molar-refractivity contribution < 1.29 is 18.5 Å². The highest BCUT2D eigenvalue weighted by atomic mass is 35.5. The molecule has 3 amide bonds. The molecule has 9 heteroatoms. The first-order valence-electron chi connectivity index (χ1n) is 8.91. The number of hydrogen-bond acceptors (Lipinski definition) is 5. The standard InChI is InChI=1S/C20H16ClFN4O3/c1-2-20(13-5-9-15(22)10-6-13)18(27)26(19(28)24-20)11-16-23-17(25-29-16)12-3-7-14(21)8-4-12/h3-10H,2,11H2,1H3,(H,24,28). The summed E-state index contributed by atoms with van der Waals surface area (Å²) in [4.78, 5) is 30.9. The van der Waals surface area contributed by atoms with E-state index in [2.05, 4.69) is 15.5 Å². The molecule has 4 rings (SSSR count). The molecule has 1 atom stereocenters. The van der Waals surface area contributed by atoms with E-state index < -0.39 is 23.3 Å². The van der Waals surface area contributed by atoms with Crippen molar-refractivity contribution in [2.24, 2.45) is 0 Å². The lowest BCUT2D eigenvalue weighted by Gasteiger charge is -2.25. The molecule has 0 spiro atoms. The van der Waals surface area contributed by atoms with Crippen LogP contribution in [0.4, 0.5) is 9.18 Å². The van der Waals surface area contributed by atoms with E-state index in [1.807, 2.05) is 0 Å². The summed E-state index contributed by atoms with van der Waals surface area (Å²) >= 11 is 5.88. The van der Waals surface area contributed by atoms with E-state index >= 15 is 0 Å². The highest BCUT2D eigenvalue weighted by Crippen LogP contribution is 2.33. The second-order valence-corrected chi connectivity index (χ2v) is 7.04. The van der Waals surface area contributed by atoms with Gasteiger partial charge in [0.1, 0.15) is 17.9 Å². The van der Waals surface area contributed by atoms with Gasteiger partial charge in [-0.15, -0.1) is 0 Å². The van der Waals surface area contributed by atoms with Crippen LogP contribution in [0.1, 0.15) is 24.8 Å². The van der Waals surface area contributed by atoms with Gasteiger partial charge in [-0.3, -0.25) is 9.69 Å². The third-order valence-electron chi connectivity index (χ3n) is 4.91. The largest absolute Gasteiger partial charge is 0.337 e. The number of imide groups is 1. The Morgan fingerprint density at radius 2 is 1.83 bits per heavy atom. The molecule has 1 aliphatic heterocycles. The van der Waals surface area contributed by atoms with Gasteiger partial charge in [0.05, 0.1) is 0 Å². The summed E-state index contributed by atoms with van der Waals surface area (Å²) in [6.45, 7) is 1.60. The first-order valence-corrected chi connectivity index (χ1v) is 9.29. The Morgan fingerprint density at radius 1 is 1.14 bits per heavy atom. The Bertz CT molecular complexity index is 1070. The van der Waals surface area contributed by atoms with Gasteiger partial charge >= 0.3 is 6.03 Å². The zero-order chi connectivity index (χ0) is 20.6. The second kappa shape index (κ2) is 7.29. The molecule has 0 bridgehead atoms. The molecule has 7 nitrogen and oxygen atoms in total. The molecule has 1 saturated heterocycles. The minimum Gasteiger partial charge on any atom is -0.337 e. The van der Waals surface area contributed by atoms with E-state index in [-0.39, 0.29) is 12.4 Å². The van der Waals surface area contributed by atoms with E-state index in [0.717, 1.165) is 4.90 Å². The number of halogens is 2. The number of amides is 3. The number of urea groups is 1. The van der Waals surface area contributed by atoms with Crippen LogP contribution in [0, 0.1) is 5.82 Å². The van der Waals surface area contributed by atoms with Crippen molar-refractivity contribution in [3.05, 3.63) is 70.8 Å². The molecule has 0 aliphatic carbocycles. The molecule has 1 N–H and O–H groups in total. The summed E-state index contributed by atoms with van der Waals surface area (Å²) in [5, 5.41) is 7.20. The number of hydrogen-bond donors (Lipinski definition) is 1. The number of benzene rings is 2. The zero-order valence-corrected chi connectivity index (χ0v) is 16.1. The third kappa shape index (κ3) is 3.36. The van der Waals surface area contributed by atoms with Crippen molar-refractivity contribution in [3.8, 4) is 11.4 Å². The molecule has 2 aromatic carbocycles. The molecular weight excluding hydrogens is 399 g/mol. The lowest BCUT2D eigenvalue weighted by atomic mass is 9.87. The van der Waals surface area contributed by atoms with Gasteiger partial charge in [-0.25, -0.2) is 9.18 Å². The van der Waals surface area contributed by atoms with Gasteiger partial charge in [0, 0.05) is 10.6 Å². The van der Waals surface area contributed by atoms with Gasteiger partial charge in [-0.1, -0.05) is 35.8 Å². The highest BCUT2D eigenvalue weighted by molar-refractivity contribution is 6.30. The number of carbonyl (C=O) groups is 2. The Kier molecular flexibility index (Phi) is 4.79. The second-order valence-electron chi connectivity index (χ2n) is 6.61. The average molecular weight is 415 g/mol. The van der Waals surface area contributed by atoms with Crippen molar-refractivity contribution in [2.75, 3.05) is 0 Å². The first kappa shape index (κ1) is 19.1. The van der Waals surface area contributed by atoms with Crippen LogP contribution in [0.2, 0.25) is 5.02 Å². The molecular formula is C20H16ClFN4O3. The number of rotatable bonds is 5. The zero-order valence-electron chi connectivity index (χ0n) is 15.4. The van der Waals surface area contributed by atoms with Crippen molar-refractivity contribution in [2.45, 2.75) is 25.4 Å². The van der Waals surface area contributed by atoms with E-state index in [4.69, 9.17) is 16.1 Å². The van der Waals surface area contributed by atoms with Crippen LogP contribution in [0.15, 0.2) is 53.1 Å². The Hall–Kier alpha value is -3.26. The maximum absolute atomic E-state index is 13.3. The fourth-order valence-corrected chi connectivity index (χ4v) is 3.44. The molecule has 1 unspecified atom stereocenters. The summed E-state index contributed by atoms with van der Waals surface area (Å²) in [6.07, 6.45) is 0.305. The van der Waals surface area contributed by atoms with Gasteiger partial charge < -0.3 is 9.84 Å². The molecule has 0 saturated carbocycles. The maximum atomic E-state index is 13.3. The number of carbonyl (C=O) groups excluding carboxylic acids is 2. The Balaban J connectivity index is 1.58. The van der Waals surface area contributed by atoms with E-state index in [0.29, 0.717) is 28.4 Å². The minimum absolute atomic E-state index is 0.115. The monoisotopic (exact) mass is 414 g/mol. The molecule has 1 aromatic heterocycles. The normalized spacial score (nSPS) is 18.9. The van der Waals surface area contributed by atoms with Crippen molar-refractivity contribution in [3.63, 3.8) is 0 Å². The van der Waals surface area contributed by atoms with Gasteiger partial charge in [0.25, 0.3) is 5.91 Å². The molecule has 3 aromatic rings. The van der Waals surface area contributed by atoms with Crippen LogP contribution < -0.4 is 5.32 Å². The SMILES string of the molecule is CCC1(c2ccc(F)cc2)NC(=O)N(Cc2nc(-c3ccc(Cl)cc3)no2)C1=O. The van der Waals surface area contributed by atoms with Gasteiger partial charge in [0.15, 0.2) is 0 Å². The highest BCUT2D eigenvalue weighted by Gasteiger charge is 2.51. The van der Waals surface area contributed by atoms with Crippen molar-refractivity contribution in [1.29, 1.82) is 0 Å². The van der Waals surface area contributed by atoms with Crippen LogP contribution in [-0.4, -0.2) is 27.0 Å². The molecule has 2 heterocycles. The van der Waals surface area contributed by atoms with Crippen molar-refractivity contribution >= 4 is 23.5 Å². The Morgan fingerprint density at radius 3 is 2.48 bits per heavy atom. The molecule has 1 aliphatic rings. The van der Waals surface area contributed by atoms with Gasteiger partial charge in [-0.2, -0.15) is 4.98 Å². The minimum atomic E-state index is -1.26. The molecule has 0 radical (unpaired) electrons. The van der Waals surface area contributed by atoms with E-state index in [1.54, 1.807) is 31.2 Å². The molecule has 1 fully saturated rings. The summed E-state index contributed by atoms with van der Waals surface area (Å²) < 4.78 is 18.5. The molecule has 29 heavy (non-hydrogen) atoms. The first-order chi connectivity index (χ1) is 13.9. The third-order valence-corrected chi connectivity index (χ3v) is 5.16. The maximum Gasteiger partial charge on any atom is 0.325 e. The van der Waals surface area contributed by atoms with Crippen LogP contribution in [0.25, 0.3) is 11.4 Å². The summed E-state index contributed by atoms with van der Waals surface area (Å²) in [7, 11) is 0. The quantitative estimate of drug-likeness (QED) is 0.640. The summed E-state index contributed by atoms with van der Waals surface area (Å²) in [6, 6.07) is 11.8. The number of aromatic nitrogens is 2. The van der Waals surface area contributed by atoms with Crippen molar-refractivity contribution in [1.82, 2.24) is 20.4 Å². The fraction of sp³-hybridized carbons (Fsp3) is 0.200. The predicted octanol–water partition coefficient (Wildman–Crippen LogP) is 3.89. The van der Waals surface area contributed by atoms with Gasteiger partial charge in [0.2, 0.25) is 11.7 Å². The van der Waals surface area contributed by atoms with Gasteiger partial charge in [-0.05, 0) is 48.4 Å². The molecule has 148 valence electrons. The number of nitrogens with zero attached hydrogens (tertiary/aromatic N) is 3. The number of nitrogens with one attached hydrogen (secondary N) is 1. The average Bonchev–Trinajstić information content (AvgIpc) is 3.28. The van der Waals surface area contributed by atoms with E-state index in [1.165, 1.54) is 24.3 Å². The van der Waals surface area contributed by atoms with Crippen LogP contribution >= 0.6 is 11.6 Å².